The highest BCUT2D eigenvalue weighted by atomic mass is 32.2. The van der Waals surface area contributed by atoms with Gasteiger partial charge in [-0.15, -0.1) is 0 Å². The van der Waals surface area contributed by atoms with E-state index in [1.807, 2.05) is 6.92 Å². The second-order valence-electron chi connectivity index (χ2n) is 5.09. The SMILES string of the molecule is COC(=O)CCCCCOCCOS(=O)(=O)c1ccc(C)cc1. The molecule has 0 aliphatic rings. The van der Waals surface area contributed by atoms with Crippen LogP contribution in [0.1, 0.15) is 31.2 Å². The molecule has 0 radical (unpaired) electrons. The lowest BCUT2D eigenvalue weighted by Gasteiger charge is -2.07. The number of benzene rings is 1. The van der Waals surface area contributed by atoms with Gasteiger partial charge < -0.3 is 9.47 Å². The average Bonchev–Trinajstić information content (AvgIpc) is 2.53. The van der Waals surface area contributed by atoms with Crippen molar-refractivity contribution in [3.63, 3.8) is 0 Å². The molecule has 0 saturated heterocycles. The Kier molecular flexibility index (Phi) is 8.83. The molecule has 0 unspecified atom stereocenters. The number of carbonyl (C=O) groups is 1. The number of rotatable bonds is 11. The molecular weight excluding hydrogens is 320 g/mol. The smallest absolute Gasteiger partial charge is 0.305 e. The van der Waals surface area contributed by atoms with Crippen molar-refractivity contribution in [1.82, 2.24) is 0 Å². The molecule has 23 heavy (non-hydrogen) atoms. The quantitative estimate of drug-likeness (QED) is 0.348. The van der Waals surface area contributed by atoms with Crippen LogP contribution in [0, 0.1) is 6.92 Å². The second-order valence-corrected chi connectivity index (χ2v) is 6.70. The first-order chi connectivity index (χ1) is 11.0. The van der Waals surface area contributed by atoms with E-state index >= 15 is 0 Å². The van der Waals surface area contributed by atoms with Crippen molar-refractivity contribution in [3.8, 4) is 0 Å². The minimum Gasteiger partial charge on any atom is -0.469 e. The summed E-state index contributed by atoms with van der Waals surface area (Å²) < 4.78 is 38.5. The van der Waals surface area contributed by atoms with Gasteiger partial charge in [-0.1, -0.05) is 24.1 Å². The molecule has 0 N–H and O–H groups in total. The summed E-state index contributed by atoms with van der Waals surface area (Å²) in [7, 11) is -2.35. The van der Waals surface area contributed by atoms with Crippen molar-refractivity contribution >= 4 is 16.1 Å². The topological polar surface area (TPSA) is 78.9 Å². The van der Waals surface area contributed by atoms with Crippen molar-refractivity contribution in [2.24, 2.45) is 0 Å². The first-order valence-corrected chi connectivity index (χ1v) is 8.97. The van der Waals surface area contributed by atoms with Crippen LogP contribution in [-0.4, -0.2) is 41.3 Å². The van der Waals surface area contributed by atoms with E-state index in [0.29, 0.717) is 13.0 Å². The second kappa shape index (κ2) is 10.4. The van der Waals surface area contributed by atoms with Crippen molar-refractivity contribution in [3.05, 3.63) is 29.8 Å². The Morgan fingerprint density at radius 3 is 2.35 bits per heavy atom. The number of esters is 1. The van der Waals surface area contributed by atoms with Crippen LogP contribution in [0.15, 0.2) is 29.2 Å². The van der Waals surface area contributed by atoms with Gasteiger partial charge in [-0.2, -0.15) is 8.42 Å². The van der Waals surface area contributed by atoms with E-state index in [0.717, 1.165) is 24.8 Å². The zero-order chi connectivity index (χ0) is 17.1. The fraction of sp³-hybridized carbons (Fsp3) is 0.562. The minimum atomic E-state index is -3.72. The Morgan fingerprint density at radius 2 is 1.70 bits per heavy atom. The molecule has 130 valence electrons. The van der Waals surface area contributed by atoms with Crippen LogP contribution in [0.2, 0.25) is 0 Å². The number of ether oxygens (including phenoxy) is 2. The molecule has 0 fully saturated rings. The van der Waals surface area contributed by atoms with E-state index in [4.69, 9.17) is 8.92 Å². The van der Waals surface area contributed by atoms with Crippen LogP contribution in [-0.2, 0) is 28.6 Å². The van der Waals surface area contributed by atoms with E-state index in [9.17, 15) is 13.2 Å². The van der Waals surface area contributed by atoms with Gasteiger partial charge in [-0.25, -0.2) is 0 Å². The Morgan fingerprint density at radius 1 is 1.00 bits per heavy atom. The average molecular weight is 344 g/mol. The Bertz CT molecular complexity index is 565. The highest BCUT2D eigenvalue weighted by Gasteiger charge is 2.14. The minimum absolute atomic E-state index is 0.0155. The van der Waals surface area contributed by atoms with Gasteiger partial charge in [0.05, 0.1) is 25.2 Å². The summed E-state index contributed by atoms with van der Waals surface area (Å²) in [4.78, 5) is 11.0. The highest BCUT2D eigenvalue weighted by Crippen LogP contribution is 2.13. The van der Waals surface area contributed by atoms with E-state index in [1.54, 1.807) is 12.1 Å². The van der Waals surface area contributed by atoms with Gasteiger partial charge in [0, 0.05) is 13.0 Å². The lowest BCUT2D eigenvalue weighted by atomic mass is 10.2. The molecule has 0 atom stereocenters. The number of carbonyl (C=O) groups excluding carboxylic acids is 1. The summed E-state index contributed by atoms with van der Waals surface area (Å²) in [5, 5.41) is 0. The van der Waals surface area contributed by atoms with Gasteiger partial charge >= 0.3 is 5.97 Å². The Hall–Kier alpha value is -1.44. The number of aryl methyl sites for hydroxylation is 1. The first kappa shape index (κ1) is 19.6. The van der Waals surface area contributed by atoms with Gasteiger partial charge in [0.1, 0.15) is 0 Å². The van der Waals surface area contributed by atoms with Crippen molar-refractivity contribution in [2.45, 2.75) is 37.5 Å². The van der Waals surface area contributed by atoms with E-state index in [1.165, 1.54) is 19.2 Å². The largest absolute Gasteiger partial charge is 0.469 e. The van der Waals surface area contributed by atoms with E-state index in [2.05, 4.69) is 4.74 Å². The maximum atomic E-state index is 11.9. The summed E-state index contributed by atoms with van der Waals surface area (Å²) >= 11 is 0. The summed E-state index contributed by atoms with van der Waals surface area (Å²) in [6, 6.07) is 6.49. The number of hydrogen-bond donors (Lipinski definition) is 0. The summed E-state index contributed by atoms with van der Waals surface area (Å²) in [6.45, 7) is 2.59. The molecule has 0 aliphatic carbocycles. The molecule has 0 bridgehead atoms. The molecule has 0 heterocycles. The molecule has 0 saturated carbocycles. The first-order valence-electron chi connectivity index (χ1n) is 7.56. The summed E-state index contributed by atoms with van der Waals surface area (Å²) in [6.07, 6.45) is 2.84. The standard InChI is InChI=1S/C16H24O6S/c1-14-7-9-15(10-8-14)23(18,19)22-13-12-21-11-5-3-4-6-16(17)20-2/h7-10H,3-6,11-13H2,1-2H3. The van der Waals surface area contributed by atoms with E-state index < -0.39 is 10.1 Å². The van der Waals surface area contributed by atoms with Gasteiger partial charge in [0.2, 0.25) is 0 Å². The maximum absolute atomic E-state index is 11.9. The summed E-state index contributed by atoms with van der Waals surface area (Å²) in [5.41, 5.74) is 0.986. The predicted molar refractivity (Wildman–Crippen MR) is 85.6 cm³/mol. The van der Waals surface area contributed by atoms with Gasteiger partial charge in [0.25, 0.3) is 10.1 Å². The van der Waals surface area contributed by atoms with Crippen molar-refractivity contribution in [1.29, 1.82) is 0 Å². The van der Waals surface area contributed by atoms with Gasteiger partial charge in [0.15, 0.2) is 0 Å². The monoisotopic (exact) mass is 344 g/mol. The molecule has 0 aromatic heterocycles. The van der Waals surface area contributed by atoms with Crippen LogP contribution in [0.4, 0.5) is 0 Å². The van der Waals surface area contributed by atoms with Crippen LogP contribution in [0.5, 0.6) is 0 Å². The third-order valence-electron chi connectivity index (χ3n) is 3.17. The fourth-order valence-electron chi connectivity index (χ4n) is 1.83. The third kappa shape index (κ3) is 8.11. The number of hydrogen-bond acceptors (Lipinski definition) is 6. The van der Waals surface area contributed by atoms with Gasteiger partial charge in [-0.05, 0) is 31.9 Å². The molecule has 0 spiro atoms. The lowest BCUT2D eigenvalue weighted by Crippen LogP contribution is -2.12. The fourth-order valence-corrected chi connectivity index (χ4v) is 2.72. The van der Waals surface area contributed by atoms with Crippen LogP contribution < -0.4 is 0 Å². The normalized spacial score (nSPS) is 11.4. The van der Waals surface area contributed by atoms with E-state index in [-0.39, 0.29) is 24.1 Å². The van der Waals surface area contributed by atoms with Crippen LogP contribution in [0.3, 0.4) is 0 Å². The predicted octanol–water partition coefficient (Wildman–Crippen LogP) is 2.45. The Balaban J connectivity index is 2.10. The Labute approximate surface area is 137 Å². The third-order valence-corrected chi connectivity index (χ3v) is 4.50. The maximum Gasteiger partial charge on any atom is 0.305 e. The highest BCUT2D eigenvalue weighted by molar-refractivity contribution is 7.86. The zero-order valence-corrected chi connectivity index (χ0v) is 14.4. The summed E-state index contributed by atoms with van der Waals surface area (Å²) in [5.74, 6) is -0.208. The van der Waals surface area contributed by atoms with Crippen molar-refractivity contribution < 1.29 is 26.9 Å². The number of unbranched alkanes of at least 4 members (excludes halogenated alkanes) is 2. The molecule has 7 heteroatoms. The van der Waals surface area contributed by atoms with Crippen molar-refractivity contribution in [2.75, 3.05) is 26.9 Å². The zero-order valence-electron chi connectivity index (χ0n) is 13.6. The molecule has 0 amide bonds. The molecule has 1 aromatic rings. The lowest BCUT2D eigenvalue weighted by molar-refractivity contribution is -0.140. The molecule has 6 nitrogen and oxygen atoms in total. The van der Waals surface area contributed by atoms with Crippen LogP contribution >= 0.6 is 0 Å². The molecular formula is C16H24O6S. The molecule has 0 aliphatic heterocycles. The van der Waals surface area contributed by atoms with Gasteiger partial charge in [-0.3, -0.25) is 8.98 Å². The van der Waals surface area contributed by atoms with Crippen LogP contribution in [0.25, 0.3) is 0 Å². The molecule has 1 aromatic carbocycles. The molecule has 1 rings (SSSR count). The number of methoxy groups -OCH3 is 1.